The number of rotatable bonds is 6. The summed E-state index contributed by atoms with van der Waals surface area (Å²) < 4.78 is 37.7. The van der Waals surface area contributed by atoms with Crippen molar-refractivity contribution in [3.8, 4) is 0 Å². The Morgan fingerprint density at radius 3 is 2.48 bits per heavy atom. The number of sulfone groups is 1. The molecule has 1 amide bonds. The van der Waals surface area contributed by atoms with Crippen molar-refractivity contribution < 1.29 is 17.6 Å². The van der Waals surface area contributed by atoms with Crippen LogP contribution in [-0.2, 0) is 14.6 Å². The number of nitrogen functional groups attached to an aromatic ring is 1. The maximum Gasteiger partial charge on any atom is 0.238 e. The Morgan fingerprint density at radius 2 is 1.95 bits per heavy atom. The molecular formula is C14H21FN2O3S. The molecule has 0 bridgehead atoms. The number of hydrogen-bond acceptors (Lipinski definition) is 4. The average molecular weight is 316 g/mol. The van der Waals surface area contributed by atoms with Gasteiger partial charge in [-0.15, -0.1) is 0 Å². The Balaban J connectivity index is 2.88. The fourth-order valence-corrected chi connectivity index (χ4v) is 3.13. The summed E-state index contributed by atoms with van der Waals surface area (Å²) in [5.41, 5.74) is 5.34. The van der Waals surface area contributed by atoms with Crippen LogP contribution in [0.2, 0.25) is 0 Å². The van der Waals surface area contributed by atoms with Gasteiger partial charge in [0.1, 0.15) is 11.1 Å². The highest BCUT2D eigenvalue weighted by molar-refractivity contribution is 7.93. The van der Waals surface area contributed by atoms with Crippen molar-refractivity contribution in [2.75, 3.05) is 12.3 Å². The highest BCUT2D eigenvalue weighted by Gasteiger charge is 2.31. The molecule has 0 heterocycles. The third-order valence-electron chi connectivity index (χ3n) is 3.13. The minimum Gasteiger partial charge on any atom is -0.398 e. The van der Waals surface area contributed by atoms with Gasteiger partial charge in [0.15, 0.2) is 9.84 Å². The molecule has 0 spiro atoms. The largest absolute Gasteiger partial charge is 0.398 e. The summed E-state index contributed by atoms with van der Waals surface area (Å²) in [4.78, 5) is 11.7. The van der Waals surface area contributed by atoms with Gasteiger partial charge in [0.25, 0.3) is 0 Å². The van der Waals surface area contributed by atoms with Crippen molar-refractivity contribution in [1.82, 2.24) is 5.32 Å². The molecule has 1 rings (SSSR count). The number of nitrogens with one attached hydrogen (secondary N) is 1. The van der Waals surface area contributed by atoms with Crippen molar-refractivity contribution in [3.05, 3.63) is 24.0 Å². The summed E-state index contributed by atoms with van der Waals surface area (Å²) >= 11 is 0. The molecule has 0 aliphatic rings. The van der Waals surface area contributed by atoms with Crippen LogP contribution in [0.3, 0.4) is 0 Å². The van der Waals surface area contributed by atoms with E-state index in [1.165, 1.54) is 6.92 Å². The monoisotopic (exact) mass is 316 g/mol. The number of carbonyl (C=O) groups excluding carboxylic acids is 1. The summed E-state index contributed by atoms with van der Waals surface area (Å²) in [6.45, 7) is 5.72. The van der Waals surface area contributed by atoms with Gasteiger partial charge in [0, 0.05) is 6.54 Å². The van der Waals surface area contributed by atoms with E-state index in [1.807, 2.05) is 13.8 Å². The van der Waals surface area contributed by atoms with Crippen LogP contribution in [0.25, 0.3) is 0 Å². The van der Waals surface area contributed by atoms with Crippen LogP contribution in [0.4, 0.5) is 10.1 Å². The lowest BCUT2D eigenvalue weighted by molar-refractivity contribution is -0.120. The number of anilines is 1. The van der Waals surface area contributed by atoms with Crippen molar-refractivity contribution in [2.24, 2.45) is 5.92 Å². The van der Waals surface area contributed by atoms with Crippen molar-refractivity contribution in [1.29, 1.82) is 0 Å². The van der Waals surface area contributed by atoms with Gasteiger partial charge >= 0.3 is 0 Å². The number of carbonyl (C=O) groups is 1. The van der Waals surface area contributed by atoms with Gasteiger partial charge in [-0.2, -0.15) is 0 Å². The summed E-state index contributed by atoms with van der Waals surface area (Å²) in [5, 5.41) is 1.31. The first kappa shape index (κ1) is 17.4. The molecule has 1 atom stereocenters. The molecule has 7 heteroatoms. The van der Waals surface area contributed by atoms with E-state index in [0.717, 1.165) is 24.6 Å². The predicted molar refractivity (Wildman–Crippen MR) is 79.9 cm³/mol. The molecule has 0 saturated heterocycles. The summed E-state index contributed by atoms with van der Waals surface area (Å²) in [6.07, 6.45) is 0.761. The van der Waals surface area contributed by atoms with Crippen LogP contribution < -0.4 is 11.1 Å². The van der Waals surface area contributed by atoms with Crippen LogP contribution in [0.15, 0.2) is 23.1 Å². The number of halogens is 1. The van der Waals surface area contributed by atoms with Gasteiger partial charge in [-0.25, -0.2) is 12.8 Å². The lowest BCUT2D eigenvalue weighted by Gasteiger charge is -2.15. The van der Waals surface area contributed by atoms with Crippen molar-refractivity contribution in [2.45, 2.75) is 37.3 Å². The van der Waals surface area contributed by atoms with E-state index >= 15 is 0 Å². The van der Waals surface area contributed by atoms with Gasteiger partial charge in [0.2, 0.25) is 5.91 Å². The van der Waals surface area contributed by atoms with E-state index in [2.05, 4.69) is 5.32 Å². The molecule has 0 radical (unpaired) electrons. The molecule has 118 valence electrons. The second-order valence-corrected chi connectivity index (χ2v) is 7.58. The highest BCUT2D eigenvalue weighted by Crippen LogP contribution is 2.23. The molecule has 1 aromatic rings. The lowest BCUT2D eigenvalue weighted by atomic mass is 10.1. The van der Waals surface area contributed by atoms with E-state index in [0.29, 0.717) is 12.5 Å². The lowest BCUT2D eigenvalue weighted by Crippen LogP contribution is -2.38. The Kier molecular flexibility index (Phi) is 5.71. The zero-order valence-corrected chi connectivity index (χ0v) is 13.2. The molecule has 21 heavy (non-hydrogen) atoms. The van der Waals surface area contributed by atoms with Crippen LogP contribution >= 0.6 is 0 Å². The first-order chi connectivity index (χ1) is 9.66. The highest BCUT2D eigenvalue weighted by atomic mass is 32.2. The van der Waals surface area contributed by atoms with Crippen LogP contribution in [-0.4, -0.2) is 26.1 Å². The van der Waals surface area contributed by atoms with Crippen molar-refractivity contribution in [3.63, 3.8) is 0 Å². The molecule has 5 nitrogen and oxygen atoms in total. The van der Waals surface area contributed by atoms with Gasteiger partial charge in [-0.05, 0) is 37.5 Å². The fraction of sp³-hybridized carbons (Fsp3) is 0.500. The van der Waals surface area contributed by atoms with Crippen LogP contribution in [0, 0.1) is 11.7 Å². The van der Waals surface area contributed by atoms with Gasteiger partial charge < -0.3 is 11.1 Å². The first-order valence-corrected chi connectivity index (χ1v) is 8.27. The third-order valence-corrected chi connectivity index (χ3v) is 5.26. The average Bonchev–Trinajstić information content (AvgIpc) is 2.36. The number of benzene rings is 1. The molecule has 0 fully saturated rings. The smallest absolute Gasteiger partial charge is 0.238 e. The van der Waals surface area contributed by atoms with Crippen molar-refractivity contribution >= 4 is 21.4 Å². The standard InChI is InChI=1S/C14H21FN2O3S/c1-9(2)6-7-17-14(18)10(3)21(19,20)13-5-4-11(15)8-12(13)16/h4-5,8-10H,6-7,16H2,1-3H3,(H,17,18). The van der Waals surface area contributed by atoms with E-state index in [9.17, 15) is 17.6 Å². The third kappa shape index (κ3) is 4.42. The molecule has 3 N–H and O–H groups in total. The first-order valence-electron chi connectivity index (χ1n) is 6.73. The zero-order valence-electron chi connectivity index (χ0n) is 12.4. The molecular weight excluding hydrogens is 295 g/mol. The fourth-order valence-electron chi connectivity index (χ4n) is 1.74. The van der Waals surface area contributed by atoms with E-state index in [-0.39, 0.29) is 10.6 Å². The summed E-state index contributed by atoms with van der Waals surface area (Å²) in [5.74, 6) is -0.801. The molecule has 1 aromatic carbocycles. The summed E-state index contributed by atoms with van der Waals surface area (Å²) in [6, 6.07) is 3.01. The Morgan fingerprint density at radius 1 is 1.33 bits per heavy atom. The quantitative estimate of drug-likeness (QED) is 0.618. The zero-order chi connectivity index (χ0) is 16.2. The predicted octanol–water partition coefficient (Wildman–Crippen LogP) is 1.73. The Hall–Kier alpha value is -1.63. The molecule has 0 aliphatic heterocycles. The number of hydrogen-bond donors (Lipinski definition) is 2. The molecule has 1 unspecified atom stereocenters. The molecule has 0 aromatic heterocycles. The minimum absolute atomic E-state index is 0.197. The van der Waals surface area contributed by atoms with E-state index < -0.39 is 26.8 Å². The second kappa shape index (κ2) is 6.89. The van der Waals surface area contributed by atoms with E-state index in [1.54, 1.807) is 0 Å². The topological polar surface area (TPSA) is 89.3 Å². The maximum atomic E-state index is 13.0. The van der Waals surface area contributed by atoms with E-state index in [4.69, 9.17) is 5.73 Å². The SMILES string of the molecule is CC(C)CCNC(=O)C(C)S(=O)(=O)c1ccc(F)cc1N. The molecule has 0 aliphatic carbocycles. The van der Waals surface area contributed by atoms with Crippen LogP contribution in [0.1, 0.15) is 27.2 Å². The number of nitrogens with two attached hydrogens (primary N) is 1. The molecule has 0 saturated carbocycles. The minimum atomic E-state index is -3.94. The van der Waals surface area contributed by atoms with Crippen LogP contribution in [0.5, 0.6) is 0 Å². The normalized spacial score (nSPS) is 13.2. The Bertz CT molecular complexity index is 615. The second-order valence-electron chi connectivity index (χ2n) is 5.34. The maximum absolute atomic E-state index is 13.0. The summed E-state index contributed by atoms with van der Waals surface area (Å²) in [7, 11) is -3.94. The van der Waals surface area contributed by atoms with Gasteiger partial charge in [0.05, 0.1) is 10.6 Å². The number of amides is 1. The van der Waals surface area contributed by atoms with Gasteiger partial charge in [-0.3, -0.25) is 4.79 Å². The Labute approximate surface area is 124 Å². The van der Waals surface area contributed by atoms with Gasteiger partial charge in [-0.1, -0.05) is 13.8 Å².